The fourth-order valence-corrected chi connectivity index (χ4v) is 4.48. The zero-order chi connectivity index (χ0) is 20.7. The molecule has 4 aromatic rings. The summed E-state index contributed by atoms with van der Waals surface area (Å²) in [4.78, 5) is 25.4. The predicted octanol–water partition coefficient (Wildman–Crippen LogP) is 3.99. The van der Waals surface area contributed by atoms with Gasteiger partial charge in [0.25, 0.3) is 5.91 Å². The highest BCUT2D eigenvalue weighted by molar-refractivity contribution is 7.98. The van der Waals surface area contributed by atoms with Gasteiger partial charge in [-0.05, 0) is 36.4 Å². The Kier molecular flexibility index (Phi) is 4.55. The number of ether oxygens (including phenoxy) is 1. The van der Waals surface area contributed by atoms with E-state index in [2.05, 4.69) is 10.4 Å². The van der Waals surface area contributed by atoms with Gasteiger partial charge in [0.15, 0.2) is 0 Å². The lowest BCUT2D eigenvalue weighted by Crippen LogP contribution is -2.22. The van der Waals surface area contributed by atoms with Crippen molar-refractivity contribution in [1.82, 2.24) is 9.78 Å². The second-order valence-corrected chi connectivity index (χ2v) is 7.80. The first kappa shape index (κ1) is 18.5. The number of benzene rings is 2. The number of thioether (sulfide) groups is 1. The largest absolute Gasteiger partial charge is 0.497 e. The number of rotatable bonds is 4. The number of carbonyl (C=O) groups is 1. The highest BCUT2D eigenvalue weighted by Crippen LogP contribution is 2.36. The van der Waals surface area contributed by atoms with Gasteiger partial charge in [-0.3, -0.25) is 4.79 Å². The first-order valence-electron chi connectivity index (χ1n) is 9.31. The van der Waals surface area contributed by atoms with Crippen LogP contribution in [0, 0.1) is 0 Å². The molecule has 0 fully saturated rings. The van der Waals surface area contributed by atoms with E-state index in [4.69, 9.17) is 9.15 Å². The Hall–Kier alpha value is -3.52. The van der Waals surface area contributed by atoms with E-state index in [1.807, 2.05) is 30.3 Å². The SMILES string of the molecule is COc1ccc(-n2nc3c(c2NC(=O)c2cc4ccccc4oc2=O)CSC3)cc1. The number of nitrogens with zero attached hydrogens (tertiary/aromatic N) is 2. The normalized spacial score (nSPS) is 12.7. The molecule has 5 rings (SSSR count). The van der Waals surface area contributed by atoms with Crippen LogP contribution in [0.4, 0.5) is 5.82 Å². The molecule has 0 unspecified atom stereocenters. The molecule has 2 aromatic heterocycles. The van der Waals surface area contributed by atoms with Gasteiger partial charge in [-0.15, -0.1) is 0 Å². The van der Waals surface area contributed by atoms with Gasteiger partial charge in [0.1, 0.15) is 22.7 Å². The number of nitrogens with one attached hydrogen (secondary N) is 1. The second-order valence-electron chi connectivity index (χ2n) is 6.82. The van der Waals surface area contributed by atoms with Crippen molar-refractivity contribution in [2.24, 2.45) is 0 Å². The number of carbonyl (C=O) groups excluding carboxylic acids is 1. The minimum absolute atomic E-state index is 0.0458. The number of anilines is 1. The van der Waals surface area contributed by atoms with E-state index in [1.165, 1.54) is 0 Å². The van der Waals surface area contributed by atoms with E-state index in [-0.39, 0.29) is 5.56 Å². The molecule has 1 aliphatic rings. The van der Waals surface area contributed by atoms with Crippen LogP contribution >= 0.6 is 11.8 Å². The van der Waals surface area contributed by atoms with Crippen LogP contribution in [0.3, 0.4) is 0 Å². The second kappa shape index (κ2) is 7.38. The van der Waals surface area contributed by atoms with Crippen LogP contribution in [0.2, 0.25) is 0 Å². The Morgan fingerprint density at radius 1 is 1.17 bits per heavy atom. The van der Waals surface area contributed by atoms with Gasteiger partial charge in [-0.1, -0.05) is 18.2 Å². The first-order valence-corrected chi connectivity index (χ1v) is 10.5. The Labute approximate surface area is 175 Å². The molecule has 3 heterocycles. The molecule has 0 aliphatic carbocycles. The molecule has 150 valence electrons. The maximum absolute atomic E-state index is 13.0. The van der Waals surface area contributed by atoms with Gasteiger partial charge in [0, 0.05) is 22.5 Å². The van der Waals surface area contributed by atoms with Crippen molar-refractivity contribution in [3.8, 4) is 11.4 Å². The zero-order valence-corrected chi connectivity index (χ0v) is 16.9. The number of methoxy groups -OCH3 is 1. The van der Waals surface area contributed by atoms with Gasteiger partial charge in [-0.25, -0.2) is 9.48 Å². The number of aromatic nitrogens is 2. The Morgan fingerprint density at radius 3 is 2.77 bits per heavy atom. The van der Waals surface area contributed by atoms with E-state index < -0.39 is 11.5 Å². The first-order chi connectivity index (χ1) is 14.6. The van der Waals surface area contributed by atoms with Crippen molar-refractivity contribution in [3.63, 3.8) is 0 Å². The van der Waals surface area contributed by atoms with Crippen LogP contribution in [-0.4, -0.2) is 22.8 Å². The molecule has 0 spiro atoms. The summed E-state index contributed by atoms with van der Waals surface area (Å²) >= 11 is 1.73. The van der Waals surface area contributed by atoms with Crippen molar-refractivity contribution < 1.29 is 13.9 Å². The van der Waals surface area contributed by atoms with Gasteiger partial charge < -0.3 is 14.5 Å². The third-order valence-electron chi connectivity index (χ3n) is 4.99. The van der Waals surface area contributed by atoms with Gasteiger partial charge in [-0.2, -0.15) is 16.9 Å². The molecule has 8 heteroatoms. The smallest absolute Gasteiger partial charge is 0.349 e. The minimum Gasteiger partial charge on any atom is -0.497 e. The lowest BCUT2D eigenvalue weighted by atomic mass is 10.1. The summed E-state index contributed by atoms with van der Waals surface area (Å²) in [6.45, 7) is 0. The summed E-state index contributed by atoms with van der Waals surface area (Å²) in [5.74, 6) is 2.29. The molecular weight excluding hydrogens is 402 g/mol. The van der Waals surface area contributed by atoms with Crippen molar-refractivity contribution in [1.29, 1.82) is 0 Å². The summed E-state index contributed by atoms with van der Waals surface area (Å²) in [5, 5.41) is 8.26. The lowest BCUT2D eigenvalue weighted by molar-refractivity contribution is 0.102. The minimum atomic E-state index is -0.673. The van der Waals surface area contributed by atoms with Gasteiger partial charge >= 0.3 is 5.63 Å². The quantitative estimate of drug-likeness (QED) is 0.504. The molecule has 1 N–H and O–H groups in total. The molecule has 0 radical (unpaired) electrons. The van der Waals surface area contributed by atoms with Crippen molar-refractivity contribution in [2.75, 3.05) is 12.4 Å². The summed E-state index contributed by atoms with van der Waals surface area (Å²) in [5.41, 5.74) is 2.41. The Morgan fingerprint density at radius 2 is 1.97 bits per heavy atom. The molecule has 1 aliphatic heterocycles. The fraction of sp³-hybridized carbons (Fsp3) is 0.136. The number of para-hydroxylation sites is 1. The van der Waals surface area contributed by atoms with E-state index in [9.17, 15) is 9.59 Å². The van der Waals surface area contributed by atoms with Gasteiger partial charge in [0.2, 0.25) is 0 Å². The predicted molar refractivity (Wildman–Crippen MR) is 116 cm³/mol. The van der Waals surface area contributed by atoms with E-state index >= 15 is 0 Å². The van der Waals surface area contributed by atoms with Crippen LogP contribution in [0.1, 0.15) is 21.6 Å². The third kappa shape index (κ3) is 3.15. The van der Waals surface area contributed by atoms with Crippen LogP contribution < -0.4 is 15.7 Å². The monoisotopic (exact) mass is 419 g/mol. The molecular formula is C22H17N3O4S. The van der Waals surface area contributed by atoms with E-state index in [0.717, 1.165) is 34.2 Å². The maximum atomic E-state index is 13.0. The molecule has 0 bridgehead atoms. The summed E-state index contributed by atoms with van der Waals surface area (Å²) in [7, 11) is 1.61. The van der Waals surface area contributed by atoms with Crippen LogP contribution in [0.25, 0.3) is 16.7 Å². The lowest BCUT2D eigenvalue weighted by Gasteiger charge is -2.11. The third-order valence-corrected chi connectivity index (χ3v) is 5.96. The number of amides is 1. The Bertz CT molecular complexity index is 1320. The highest BCUT2D eigenvalue weighted by Gasteiger charge is 2.26. The van der Waals surface area contributed by atoms with Gasteiger partial charge in [0.05, 0.1) is 18.5 Å². The van der Waals surface area contributed by atoms with Crippen LogP contribution in [-0.2, 0) is 11.5 Å². The molecule has 7 nitrogen and oxygen atoms in total. The molecule has 0 atom stereocenters. The standard InChI is InChI=1S/C22H17N3O4S/c1-28-15-8-6-14(7-9-15)25-20(17-11-30-12-18(17)24-25)23-21(26)16-10-13-4-2-3-5-19(13)29-22(16)27/h2-10H,11-12H2,1H3,(H,23,26). The molecule has 1 amide bonds. The molecule has 0 saturated heterocycles. The van der Waals surface area contributed by atoms with Crippen molar-refractivity contribution in [3.05, 3.63) is 81.8 Å². The highest BCUT2D eigenvalue weighted by atomic mass is 32.2. The average molecular weight is 419 g/mol. The summed E-state index contributed by atoms with van der Waals surface area (Å²) < 4.78 is 12.2. The van der Waals surface area contributed by atoms with Crippen LogP contribution in [0.5, 0.6) is 5.75 Å². The van der Waals surface area contributed by atoms with E-state index in [1.54, 1.807) is 47.8 Å². The molecule has 0 saturated carbocycles. The zero-order valence-electron chi connectivity index (χ0n) is 16.0. The molecule has 2 aromatic carbocycles. The Balaban J connectivity index is 1.55. The fourth-order valence-electron chi connectivity index (χ4n) is 3.45. The number of hydrogen-bond acceptors (Lipinski definition) is 6. The maximum Gasteiger partial charge on any atom is 0.349 e. The average Bonchev–Trinajstić information content (AvgIpc) is 3.36. The van der Waals surface area contributed by atoms with Crippen molar-refractivity contribution in [2.45, 2.75) is 11.5 Å². The van der Waals surface area contributed by atoms with E-state index in [0.29, 0.717) is 16.8 Å². The molecule has 30 heavy (non-hydrogen) atoms. The summed E-state index contributed by atoms with van der Waals surface area (Å²) in [6.07, 6.45) is 0. The number of hydrogen-bond donors (Lipinski definition) is 1. The van der Waals surface area contributed by atoms with Crippen LogP contribution in [0.15, 0.2) is 63.8 Å². The van der Waals surface area contributed by atoms with Crippen molar-refractivity contribution >= 4 is 34.5 Å². The topological polar surface area (TPSA) is 86.4 Å². The number of fused-ring (bicyclic) bond motifs is 2. The summed E-state index contributed by atoms with van der Waals surface area (Å²) in [6, 6.07) is 16.1.